The number of rotatable bonds is 5. The van der Waals surface area contributed by atoms with Crippen LogP contribution in [0.2, 0.25) is 0 Å². The predicted octanol–water partition coefficient (Wildman–Crippen LogP) is 0.897. The summed E-state index contributed by atoms with van der Waals surface area (Å²) in [6.07, 6.45) is 3.91. The second-order valence-corrected chi connectivity index (χ2v) is 5.99. The number of ether oxygens (including phenoxy) is 1. The van der Waals surface area contributed by atoms with E-state index in [0.29, 0.717) is 6.04 Å². The smallest absolute Gasteiger partial charge is 0.407 e. The molecule has 1 aliphatic carbocycles. The summed E-state index contributed by atoms with van der Waals surface area (Å²) >= 11 is 0. The third-order valence-corrected chi connectivity index (χ3v) is 2.98. The first-order valence-corrected chi connectivity index (χ1v) is 6.80. The van der Waals surface area contributed by atoms with Crippen LogP contribution in [0.5, 0.6) is 0 Å². The van der Waals surface area contributed by atoms with E-state index in [0.717, 1.165) is 12.8 Å². The lowest BCUT2D eigenvalue weighted by molar-refractivity contribution is -0.120. The molecule has 0 spiro atoms. The van der Waals surface area contributed by atoms with E-state index >= 15 is 0 Å². The normalized spacial score (nSPS) is 18.1. The topological polar surface area (TPSA) is 93.4 Å². The molecule has 1 saturated carbocycles. The largest absolute Gasteiger partial charge is 0.444 e. The van der Waals surface area contributed by atoms with Crippen LogP contribution in [0.3, 0.4) is 0 Å². The third kappa shape index (κ3) is 6.42. The van der Waals surface area contributed by atoms with Gasteiger partial charge in [0.2, 0.25) is 5.91 Å². The number of nitrogens with one attached hydrogen (secondary N) is 2. The minimum atomic E-state index is -0.550. The highest BCUT2D eigenvalue weighted by atomic mass is 16.6. The average Bonchev–Trinajstić information content (AvgIpc) is 2.73. The zero-order valence-corrected chi connectivity index (χ0v) is 12.0. The number of amides is 2. The van der Waals surface area contributed by atoms with Crippen LogP contribution in [-0.2, 0) is 9.53 Å². The van der Waals surface area contributed by atoms with Gasteiger partial charge in [-0.15, -0.1) is 0 Å². The van der Waals surface area contributed by atoms with Crippen molar-refractivity contribution in [1.82, 2.24) is 10.6 Å². The maximum atomic E-state index is 11.5. The van der Waals surface area contributed by atoms with Crippen LogP contribution in [0.25, 0.3) is 0 Å². The number of hydrogen-bond donors (Lipinski definition) is 3. The van der Waals surface area contributed by atoms with Crippen LogP contribution in [0.1, 0.15) is 46.5 Å². The van der Waals surface area contributed by atoms with Gasteiger partial charge in [-0.25, -0.2) is 4.79 Å². The number of carbonyl (C=O) groups is 2. The zero-order chi connectivity index (χ0) is 14.5. The molecule has 1 fully saturated rings. The Bertz CT molecular complexity index is 320. The summed E-state index contributed by atoms with van der Waals surface area (Å²) in [7, 11) is 0. The Morgan fingerprint density at radius 1 is 1.32 bits per heavy atom. The van der Waals surface area contributed by atoms with E-state index in [-0.39, 0.29) is 6.54 Å². The van der Waals surface area contributed by atoms with Crippen LogP contribution in [0.15, 0.2) is 0 Å². The molecule has 0 bridgehead atoms. The van der Waals surface area contributed by atoms with Crippen molar-refractivity contribution in [3.8, 4) is 0 Å². The summed E-state index contributed by atoms with van der Waals surface area (Å²) in [4.78, 5) is 22.9. The SMILES string of the molecule is CC(C)(C)OC(=O)NCC(NC1CCCC1)C(N)=O. The van der Waals surface area contributed by atoms with E-state index in [1.807, 2.05) is 0 Å². The standard InChI is InChI=1S/C13H25N3O3/c1-13(2,3)19-12(18)15-8-10(11(14)17)16-9-6-4-5-7-9/h9-10,16H,4-8H2,1-3H3,(H2,14,17)(H,15,18). The van der Waals surface area contributed by atoms with Crippen molar-refractivity contribution in [2.24, 2.45) is 5.73 Å². The first-order valence-electron chi connectivity index (χ1n) is 6.80. The summed E-state index contributed by atoms with van der Waals surface area (Å²) in [5.74, 6) is -0.456. The predicted molar refractivity (Wildman–Crippen MR) is 72.6 cm³/mol. The maximum Gasteiger partial charge on any atom is 0.407 e. The molecule has 0 aliphatic heterocycles. The van der Waals surface area contributed by atoms with Crippen molar-refractivity contribution in [3.05, 3.63) is 0 Å². The maximum absolute atomic E-state index is 11.5. The molecule has 1 unspecified atom stereocenters. The Kier molecular flexibility index (Phi) is 5.60. The fourth-order valence-electron chi connectivity index (χ4n) is 2.12. The molecule has 2 amide bonds. The molecule has 0 aromatic rings. The molecular formula is C13H25N3O3. The first-order chi connectivity index (χ1) is 8.78. The van der Waals surface area contributed by atoms with Gasteiger partial charge in [0.1, 0.15) is 11.6 Å². The Hall–Kier alpha value is -1.30. The molecule has 0 aromatic carbocycles. The van der Waals surface area contributed by atoms with Gasteiger partial charge in [-0.3, -0.25) is 4.79 Å². The number of primary amides is 1. The minimum absolute atomic E-state index is 0.154. The van der Waals surface area contributed by atoms with E-state index in [2.05, 4.69) is 10.6 Å². The molecule has 1 atom stereocenters. The van der Waals surface area contributed by atoms with Gasteiger partial charge in [-0.2, -0.15) is 0 Å². The highest BCUT2D eigenvalue weighted by molar-refractivity contribution is 5.81. The summed E-state index contributed by atoms with van der Waals surface area (Å²) < 4.78 is 5.11. The van der Waals surface area contributed by atoms with E-state index in [9.17, 15) is 9.59 Å². The quantitative estimate of drug-likeness (QED) is 0.692. The molecule has 1 rings (SSSR count). The number of alkyl carbamates (subject to hydrolysis) is 1. The fourth-order valence-corrected chi connectivity index (χ4v) is 2.12. The van der Waals surface area contributed by atoms with E-state index < -0.39 is 23.6 Å². The molecular weight excluding hydrogens is 246 g/mol. The number of hydrogen-bond acceptors (Lipinski definition) is 4. The van der Waals surface area contributed by atoms with Gasteiger partial charge in [-0.05, 0) is 33.6 Å². The molecule has 0 heterocycles. The second-order valence-electron chi connectivity index (χ2n) is 5.99. The monoisotopic (exact) mass is 271 g/mol. The van der Waals surface area contributed by atoms with Crippen LogP contribution in [-0.4, -0.2) is 36.2 Å². The first kappa shape index (κ1) is 15.8. The molecule has 0 radical (unpaired) electrons. The van der Waals surface area contributed by atoms with Gasteiger partial charge in [0.05, 0.1) is 0 Å². The van der Waals surface area contributed by atoms with Crippen LogP contribution < -0.4 is 16.4 Å². The fraction of sp³-hybridized carbons (Fsp3) is 0.846. The van der Waals surface area contributed by atoms with Crippen molar-refractivity contribution in [2.75, 3.05) is 6.54 Å². The average molecular weight is 271 g/mol. The zero-order valence-electron chi connectivity index (χ0n) is 12.0. The van der Waals surface area contributed by atoms with Gasteiger partial charge >= 0.3 is 6.09 Å². The van der Waals surface area contributed by atoms with Gasteiger partial charge < -0.3 is 21.1 Å². The van der Waals surface area contributed by atoms with Crippen LogP contribution >= 0.6 is 0 Å². The van der Waals surface area contributed by atoms with Crippen molar-refractivity contribution in [1.29, 1.82) is 0 Å². The molecule has 0 saturated heterocycles. The van der Waals surface area contributed by atoms with Crippen molar-refractivity contribution < 1.29 is 14.3 Å². The van der Waals surface area contributed by atoms with Crippen LogP contribution in [0.4, 0.5) is 4.79 Å². The van der Waals surface area contributed by atoms with E-state index in [1.54, 1.807) is 20.8 Å². The lowest BCUT2D eigenvalue weighted by Gasteiger charge is -2.23. The molecule has 6 heteroatoms. The molecule has 6 nitrogen and oxygen atoms in total. The Morgan fingerprint density at radius 2 is 1.89 bits per heavy atom. The summed E-state index contributed by atoms with van der Waals surface area (Å²) in [6, 6.07) is -0.228. The molecule has 0 aromatic heterocycles. The number of carbonyl (C=O) groups excluding carboxylic acids is 2. The molecule has 19 heavy (non-hydrogen) atoms. The summed E-state index contributed by atoms with van der Waals surface area (Å²) in [5.41, 5.74) is 4.78. The molecule has 1 aliphatic rings. The Labute approximate surface area is 114 Å². The number of nitrogens with two attached hydrogens (primary N) is 1. The minimum Gasteiger partial charge on any atom is -0.444 e. The lowest BCUT2D eigenvalue weighted by Crippen LogP contribution is -2.52. The summed E-state index contributed by atoms with van der Waals surface area (Å²) in [5, 5.41) is 5.76. The highest BCUT2D eigenvalue weighted by Gasteiger charge is 2.24. The van der Waals surface area contributed by atoms with E-state index in [4.69, 9.17) is 10.5 Å². The Morgan fingerprint density at radius 3 is 2.37 bits per heavy atom. The lowest BCUT2D eigenvalue weighted by atomic mass is 10.2. The third-order valence-electron chi connectivity index (χ3n) is 2.98. The van der Waals surface area contributed by atoms with Gasteiger partial charge in [0, 0.05) is 12.6 Å². The van der Waals surface area contributed by atoms with Gasteiger partial charge in [-0.1, -0.05) is 12.8 Å². The van der Waals surface area contributed by atoms with Crippen molar-refractivity contribution in [2.45, 2.75) is 64.1 Å². The molecule has 4 N–H and O–H groups in total. The van der Waals surface area contributed by atoms with Crippen molar-refractivity contribution in [3.63, 3.8) is 0 Å². The van der Waals surface area contributed by atoms with Crippen molar-refractivity contribution >= 4 is 12.0 Å². The van der Waals surface area contributed by atoms with Crippen LogP contribution in [0, 0.1) is 0 Å². The second kappa shape index (κ2) is 6.75. The van der Waals surface area contributed by atoms with Gasteiger partial charge in [0.25, 0.3) is 0 Å². The van der Waals surface area contributed by atoms with Gasteiger partial charge in [0.15, 0.2) is 0 Å². The van der Waals surface area contributed by atoms with E-state index in [1.165, 1.54) is 12.8 Å². The molecule has 110 valence electrons. The summed E-state index contributed by atoms with van der Waals surface area (Å²) in [6.45, 7) is 5.51. The highest BCUT2D eigenvalue weighted by Crippen LogP contribution is 2.18. The Balaban J connectivity index is 2.37.